The maximum absolute atomic E-state index is 10.7. The number of nitro benzene ring substituents is 1. The zero-order chi connectivity index (χ0) is 13.1. The maximum Gasteiger partial charge on any atom is 0.311 e. The van der Waals surface area contributed by atoms with Gasteiger partial charge in [0.05, 0.1) is 17.4 Å². The van der Waals surface area contributed by atoms with Gasteiger partial charge in [0.1, 0.15) is 0 Å². The Morgan fingerprint density at radius 3 is 2.59 bits per heavy atom. The van der Waals surface area contributed by atoms with E-state index in [1.807, 2.05) is 0 Å². The van der Waals surface area contributed by atoms with Crippen LogP contribution >= 0.6 is 0 Å². The van der Waals surface area contributed by atoms with Gasteiger partial charge < -0.3 is 4.74 Å². The Bertz CT molecular complexity index is 563. The molecule has 0 aromatic heterocycles. The van der Waals surface area contributed by atoms with Crippen molar-refractivity contribution >= 4 is 21.9 Å². The number of ether oxygens (including phenoxy) is 1. The summed E-state index contributed by atoms with van der Waals surface area (Å²) in [5.74, 6) is 0.0685. The van der Waals surface area contributed by atoms with Crippen molar-refractivity contribution in [1.29, 1.82) is 0 Å². The molecule has 0 spiro atoms. The second-order valence-electron chi connectivity index (χ2n) is 3.01. The second-order valence-corrected chi connectivity index (χ2v) is 4.31. The third kappa shape index (κ3) is 3.85. The van der Waals surface area contributed by atoms with Crippen molar-refractivity contribution in [2.75, 3.05) is 7.11 Å². The number of benzene rings is 1. The highest BCUT2D eigenvalue weighted by atomic mass is 32.2. The molecule has 1 N–H and O–H groups in total. The number of hydrogen-bond donors (Lipinski definition) is 1. The molecule has 0 heterocycles. The van der Waals surface area contributed by atoms with Gasteiger partial charge in [-0.2, -0.15) is 8.42 Å². The van der Waals surface area contributed by atoms with Gasteiger partial charge in [-0.1, -0.05) is 6.07 Å². The molecule has 1 rings (SSSR count). The van der Waals surface area contributed by atoms with Gasteiger partial charge in [0.15, 0.2) is 5.75 Å². The van der Waals surface area contributed by atoms with Crippen molar-refractivity contribution in [2.24, 2.45) is 0 Å². The van der Waals surface area contributed by atoms with Gasteiger partial charge in [-0.15, -0.1) is 0 Å². The Morgan fingerprint density at radius 2 is 2.12 bits per heavy atom. The summed E-state index contributed by atoms with van der Waals surface area (Å²) < 4.78 is 34.2. The van der Waals surface area contributed by atoms with Crippen molar-refractivity contribution in [3.63, 3.8) is 0 Å². The zero-order valence-electron chi connectivity index (χ0n) is 8.73. The molecule has 0 radical (unpaired) electrons. The van der Waals surface area contributed by atoms with E-state index in [2.05, 4.69) is 0 Å². The first-order chi connectivity index (χ1) is 7.83. The molecule has 92 valence electrons. The highest BCUT2D eigenvalue weighted by Gasteiger charge is 2.14. The van der Waals surface area contributed by atoms with E-state index in [1.165, 1.54) is 19.2 Å². The summed E-state index contributed by atoms with van der Waals surface area (Å²) in [6.07, 6.45) is 1.04. The summed E-state index contributed by atoms with van der Waals surface area (Å²) in [4.78, 5) is 10.0. The van der Waals surface area contributed by atoms with Crippen LogP contribution in [0.25, 0.3) is 6.08 Å². The molecule has 0 amide bonds. The highest BCUT2D eigenvalue weighted by molar-refractivity contribution is 7.88. The smallest absolute Gasteiger partial charge is 0.311 e. The van der Waals surface area contributed by atoms with E-state index in [0.29, 0.717) is 5.41 Å². The minimum atomic E-state index is -4.25. The summed E-state index contributed by atoms with van der Waals surface area (Å²) in [5.41, 5.74) is -0.0277. The van der Waals surface area contributed by atoms with Crippen LogP contribution in [0.2, 0.25) is 0 Å². The monoisotopic (exact) mass is 259 g/mol. The molecular weight excluding hydrogens is 250 g/mol. The van der Waals surface area contributed by atoms with Crippen molar-refractivity contribution < 1.29 is 22.6 Å². The van der Waals surface area contributed by atoms with Gasteiger partial charge in [-0.05, 0) is 17.7 Å². The Balaban J connectivity index is 3.18. The Morgan fingerprint density at radius 1 is 1.47 bits per heavy atom. The summed E-state index contributed by atoms with van der Waals surface area (Å²) in [7, 11) is -2.97. The molecule has 0 bridgehead atoms. The molecule has 0 aliphatic rings. The van der Waals surface area contributed by atoms with Crippen LogP contribution in [0.5, 0.6) is 5.75 Å². The van der Waals surface area contributed by atoms with Crippen LogP contribution < -0.4 is 4.74 Å². The molecule has 7 nitrogen and oxygen atoms in total. The van der Waals surface area contributed by atoms with Crippen LogP contribution in [0.15, 0.2) is 23.6 Å². The summed E-state index contributed by atoms with van der Waals surface area (Å²) in [6, 6.07) is 3.90. The van der Waals surface area contributed by atoms with Gasteiger partial charge in [-0.3, -0.25) is 14.7 Å². The quantitative estimate of drug-likeness (QED) is 0.498. The summed E-state index contributed by atoms with van der Waals surface area (Å²) in [6.45, 7) is 0. The SMILES string of the molecule is COc1ccc(/C=C/S(=O)(=O)O)cc1[N+](=O)[O-]. The first kappa shape index (κ1) is 13.1. The Hall–Kier alpha value is -1.93. The van der Waals surface area contributed by atoms with Crippen LogP contribution in [-0.4, -0.2) is 25.0 Å². The van der Waals surface area contributed by atoms with E-state index >= 15 is 0 Å². The zero-order valence-corrected chi connectivity index (χ0v) is 9.55. The van der Waals surface area contributed by atoms with Crippen molar-refractivity contribution in [2.45, 2.75) is 0 Å². The normalized spacial score (nSPS) is 11.6. The highest BCUT2D eigenvalue weighted by Crippen LogP contribution is 2.27. The largest absolute Gasteiger partial charge is 0.490 e. The van der Waals surface area contributed by atoms with Gasteiger partial charge in [-0.25, -0.2) is 0 Å². The van der Waals surface area contributed by atoms with Crippen LogP contribution in [-0.2, 0) is 10.1 Å². The van der Waals surface area contributed by atoms with E-state index in [-0.39, 0.29) is 17.0 Å². The van der Waals surface area contributed by atoms with Crippen LogP contribution in [0, 0.1) is 10.1 Å². The van der Waals surface area contributed by atoms with Crippen molar-refractivity contribution in [3.8, 4) is 5.75 Å². The topological polar surface area (TPSA) is 107 Å². The molecule has 17 heavy (non-hydrogen) atoms. The van der Waals surface area contributed by atoms with Gasteiger partial charge in [0.2, 0.25) is 0 Å². The molecule has 1 aromatic carbocycles. The molecular formula is C9H9NO6S. The van der Waals surface area contributed by atoms with E-state index < -0.39 is 15.0 Å². The number of nitro groups is 1. The minimum Gasteiger partial charge on any atom is -0.490 e. The minimum absolute atomic E-state index is 0.0685. The van der Waals surface area contributed by atoms with Gasteiger partial charge in [0, 0.05) is 6.07 Å². The molecule has 0 saturated heterocycles. The lowest BCUT2D eigenvalue weighted by Crippen LogP contribution is -1.94. The van der Waals surface area contributed by atoms with Crippen LogP contribution in [0.3, 0.4) is 0 Å². The fourth-order valence-corrected chi connectivity index (χ4v) is 1.45. The molecule has 0 aliphatic carbocycles. The molecule has 1 aromatic rings. The average Bonchev–Trinajstić information content (AvgIpc) is 2.25. The molecule has 0 unspecified atom stereocenters. The number of methoxy groups -OCH3 is 1. The summed E-state index contributed by atoms with van der Waals surface area (Å²) >= 11 is 0. The predicted molar refractivity (Wildman–Crippen MR) is 60.2 cm³/mol. The van der Waals surface area contributed by atoms with Crippen molar-refractivity contribution in [1.82, 2.24) is 0 Å². The average molecular weight is 259 g/mol. The lowest BCUT2D eigenvalue weighted by molar-refractivity contribution is -0.385. The predicted octanol–water partition coefficient (Wildman–Crippen LogP) is 1.46. The van der Waals surface area contributed by atoms with E-state index in [9.17, 15) is 18.5 Å². The van der Waals surface area contributed by atoms with Gasteiger partial charge >= 0.3 is 5.69 Å². The van der Waals surface area contributed by atoms with E-state index in [0.717, 1.165) is 12.1 Å². The number of rotatable bonds is 4. The molecule has 0 aliphatic heterocycles. The number of nitrogens with zero attached hydrogens (tertiary/aromatic N) is 1. The first-order valence-electron chi connectivity index (χ1n) is 4.31. The third-order valence-corrected chi connectivity index (χ3v) is 2.31. The fraction of sp³-hybridized carbons (Fsp3) is 0.111. The third-order valence-electron chi connectivity index (χ3n) is 1.83. The number of hydrogen-bond acceptors (Lipinski definition) is 5. The lowest BCUT2D eigenvalue weighted by atomic mass is 10.2. The van der Waals surface area contributed by atoms with E-state index in [4.69, 9.17) is 9.29 Å². The maximum atomic E-state index is 10.7. The van der Waals surface area contributed by atoms with Crippen molar-refractivity contribution in [3.05, 3.63) is 39.3 Å². The van der Waals surface area contributed by atoms with Gasteiger partial charge in [0.25, 0.3) is 10.1 Å². The standard InChI is InChI=1S/C9H9NO6S/c1-16-9-3-2-7(4-5-17(13,14)15)6-8(9)10(11)12/h2-6H,1H3,(H,13,14,15)/b5-4+. The van der Waals surface area contributed by atoms with Crippen LogP contribution in [0.1, 0.15) is 5.56 Å². The second kappa shape index (κ2) is 4.93. The molecule has 0 fully saturated rings. The lowest BCUT2D eigenvalue weighted by Gasteiger charge is -2.01. The molecule has 0 atom stereocenters. The summed E-state index contributed by atoms with van der Waals surface area (Å²) in [5, 5.41) is 11.2. The van der Waals surface area contributed by atoms with Crippen LogP contribution in [0.4, 0.5) is 5.69 Å². The van der Waals surface area contributed by atoms with E-state index in [1.54, 1.807) is 0 Å². The molecule has 0 saturated carbocycles. The fourth-order valence-electron chi connectivity index (χ4n) is 1.12. The molecule has 8 heteroatoms. The Kier molecular flexibility index (Phi) is 3.81. The Labute approximate surface area is 97.2 Å². The first-order valence-corrected chi connectivity index (χ1v) is 5.82.